The number of likely N-dealkylation sites (tertiary alicyclic amines) is 1. The highest BCUT2D eigenvalue weighted by Gasteiger charge is 2.35. The van der Waals surface area contributed by atoms with Crippen molar-refractivity contribution in [2.75, 3.05) is 6.54 Å². The van der Waals surface area contributed by atoms with Gasteiger partial charge in [0.25, 0.3) is 0 Å². The van der Waals surface area contributed by atoms with Crippen molar-refractivity contribution in [3.8, 4) is 0 Å². The summed E-state index contributed by atoms with van der Waals surface area (Å²) in [4.78, 5) is 14.4. The van der Waals surface area contributed by atoms with E-state index in [-0.39, 0.29) is 17.4 Å². The summed E-state index contributed by atoms with van der Waals surface area (Å²) in [6.45, 7) is 6.78. The summed E-state index contributed by atoms with van der Waals surface area (Å²) < 4.78 is 0. The molecular weight excluding hydrogens is 246 g/mol. The molecule has 0 N–H and O–H groups in total. The number of halogens is 1. The Balaban J connectivity index is 2.25. The molecule has 98 valence electrons. The van der Waals surface area contributed by atoms with Crippen LogP contribution in [0.25, 0.3) is 0 Å². The van der Waals surface area contributed by atoms with Gasteiger partial charge in [0.15, 0.2) is 0 Å². The first kappa shape index (κ1) is 13.4. The summed E-state index contributed by atoms with van der Waals surface area (Å²) in [6.07, 6.45) is 2.10. The Bertz CT molecular complexity index is 450. The number of rotatable bonds is 1. The van der Waals surface area contributed by atoms with E-state index in [1.165, 1.54) is 0 Å². The first-order valence-corrected chi connectivity index (χ1v) is 6.84. The molecule has 1 amide bonds. The lowest BCUT2D eigenvalue weighted by molar-refractivity contribution is -0.140. The molecule has 0 aliphatic carbocycles. The van der Waals surface area contributed by atoms with E-state index in [9.17, 15) is 4.79 Å². The molecule has 0 aromatic heterocycles. The maximum Gasteiger partial charge on any atom is 0.228 e. The SMILES string of the molecule is CC(C)(C)C(=O)N1CCCC1c1cccc(Cl)c1. The van der Waals surface area contributed by atoms with Crippen LogP contribution in [0, 0.1) is 5.41 Å². The standard InChI is InChI=1S/C15H20ClNO/c1-15(2,3)14(18)17-9-5-8-13(17)11-6-4-7-12(16)10-11/h4,6-7,10,13H,5,8-9H2,1-3H3. The van der Waals surface area contributed by atoms with Crippen LogP contribution in [0.2, 0.25) is 5.02 Å². The Morgan fingerprint density at radius 2 is 2.11 bits per heavy atom. The van der Waals surface area contributed by atoms with Crippen LogP contribution in [0.3, 0.4) is 0 Å². The average Bonchev–Trinajstić information content (AvgIpc) is 2.75. The van der Waals surface area contributed by atoms with Crippen LogP contribution in [0.5, 0.6) is 0 Å². The van der Waals surface area contributed by atoms with Gasteiger partial charge in [0.2, 0.25) is 5.91 Å². The molecule has 2 nitrogen and oxygen atoms in total. The van der Waals surface area contributed by atoms with Gasteiger partial charge in [-0.3, -0.25) is 4.79 Å². The van der Waals surface area contributed by atoms with Crippen LogP contribution < -0.4 is 0 Å². The zero-order chi connectivity index (χ0) is 13.3. The molecule has 1 aliphatic rings. The van der Waals surface area contributed by atoms with Crippen molar-refractivity contribution in [2.24, 2.45) is 5.41 Å². The molecule has 18 heavy (non-hydrogen) atoms. The third kappa shape index (κ3) is 2.69. The molecular formula is C15H20ClNO. The summed E-state index contributed by atoms with van der Waals surface area (Å²) in [5.41, 5.74) is 0.832. The van der Waals surface area contributed by atoms with Gasteiger partial charge < -0.3 is 4.90 Å². The number of amides is 1. The number of carbonyl (C=O) groups excluding carboxylic acids is 1. The van der Waals surface area contributed by atoms with Crippen LogP contribution in [-0.2, 0) is 4.79 Å². The summed E-state index contributed by atoms with van der Waals surface area (Å²) in [5.74, 6) is 0.227. The van der Waals surface area contributed by atoms with Gasteiger partial charge >= 0.3 is 0 Å². The van der Waals surface area contributed by atoms with E-state index in [4.69, 9.17) is 11.6 Å². The molecule has 1 fully saturated rings. The molecule has 1 unspecified atom stereocenters. The molecule has 0 bridgehead atoms. The maximum absolute atomic E-state index is 12.4. The van der Waals surface area contributed by atoms with E-state index in [0.29, 0.717) is 0 Å². The fourth-order valence-corrected chi connectivity index (χ4v) is 2.70. The fraction of sp³-hybridized carbons (Fsp3) is 0.533. The van der Waals surface area contributed by atoms with Crippen molar-refractivity contribution in [1.82, 2.24) is 4.90 Å². The lowest BCUT2D eigenvalue weighted by atomic mass is 9.93. The molecule has 1 aromatic rings. The molecule has 0 spiro atoms. The number of benzene rings is 1. The minimum atomic E-state index is -0.318. The third-order valence-corrected chi connectivity index (χ3v) is 3.62. The van der Waals surface area contributed by atoms with Crippen molar-refractivity contribution in [3.05, 3.63) is 34.9 Å². The zero-order valence-electron chi connectivity index (χ0n) is 11.2. The smallest absolute Gasteiger partial charge is 0.228 e. The molecule has 0 radical (unpaired) electrons. The molecule has 1 saturated heterocycles. The van der Waals surface area contributed by atoms with Crippen molar-refractivity contribution in [3.63, 3.8) is 0 Å². The van der Waals surface area contributed by atoms with Crippen LogP contribution in [0.1, 0.15) is 45.2 Å². The third-order valence-electron chi connectivity index (χ3n) is 3.39. The van der Waals surface area contributed by atoms with Crippen molar-refractivity contribution in [2.45, 2.75) is 39.7 Å². The average molecular weight is 266 g/mol. The van der Waals surface area contributed by atoms with Gasteiger partial charge in [-0.05, 0) is 30.5 Å². The van der Waals surface area contributed by atoms with Gasteiger partial charge in [0.05, 0.1) is 6.04 Å². The first-order valence-electron chi connectivity index (χ1n) is 6.46. The second-order valence-electron chi connectivity index (χ2n) is 5.96. The molecule has 0 saturated carbocycles. The monoisotopic (exact) mass is 265 g/mol. The Morgan fingerprint density at radius 3 is 2.72 bits per heavy atom. The van der Waals surface area contributed by atoms with Gasteiger partial charge in [-0.2, -0.15) is 0 Å². The molecule has 1 heterocycles. The van der Waals surface area contributed by atoms with E-state index < -0.39 is 0 Å². The second-order valence-corrected chi connectivity index (χ2v) is 6.40. The van der Waals surface area contributed by atoms with Gasteiger partial charge in [-0.15, -0.1) is 0 Å². The van der Waals surface area contributed by atoms with E-state index >= 15 is 0 Å². The van der Waals surface area contributed by atoms with E-state index in [2.05, 4.69) is 6.07 Å². The molecule has 3 heteroatoms. The molecule has 1 aliphatic heterocycles. The maximum atomic E-state index is 12.4. The highest BCUT2D eigenvalue weighted by Crippen LogP contribution is 2.35. The summed E-state index contributed by atoms with van der Waals surface area (Å²) >= 11 is 6.04. The fourth-order valence-electron chi connectivity index (χ4n) is 2.50. The second kappa shape index (κ2) is 4.93. The Labute approximate surface area is 114 Å². The van der Waals surface area contributed by atoms with Gasteiger partial charge in [-0.25, -0.2) is 0 Å². The van der Waals surface area contributed by atoms with Crippen molar-refractivity contribution in [1.29, 1.82) is 0 Å². The van der Waals surface area contributed by atoms with Gasteiger partial charge in [0, 0.05) is 17.0 Å². The lowest BCUT2D eigenvalue weighted by Gasteiger charge is -2.31. The van der Waals surface area contributed by atoms with Crippen LogP contribution in [-0.4, -0.2) is 17.4 Å². The Morgan fingerprint density at radius 1 is 1.39 bits per heavy atom. The zero-order valence-corrected chi connectivity index (χ0v) is 12.0. The van der Waals surface area contributed by atoms with Crippen LogP contribution >= 0.6 is 11.6 Å². The van der Waals surface area contributed by atoms with Crippen molar-refractivity contribution >= 4 is 17.5 Å². The van der Waals surface area contributed by atoms with Crippen LogP contribution in [0.15, 0.2) is 24.3 Å². The molecule has 1 aromatic carbocycles. The van der Waals surface area contributed by atoms with E-state index in [1.807, 2.05) is 43.9 Å². The Kier molecular flexibility index (Phi) is 3.67. The van der Waals surface area contributed by atoms with E-state index in [0.717, 1.165) is 30.0 Å². The first-order chi connectivity index (χ1) is 8.39. The summed E-state index contributed by atoms with van der Waals surface area (Å²) in [5, 5.41) is 0.738. The van der Waals surface area contributed by atoms with Crippen molar-refractivity contribution < 1.29 is 4.79 Å². The predicted octanol–water partition coefficient (Wildman–Crippen LogP) is 4.05. The van der Waals surface area contributed by atoms with E-state index in [1.54, 1.807) is 0 Å². The highest BCUT2D eigenvalue weighted by molar-refractivity contribution is 6.30. The molecule has 2 rings (SSSR count). The number of carbonyl (C=O) groups is 1. The number of hydrogen-bond acceptors (Lipinski definition) is 1. The summed E-state index contributed by atoms with van der Waals surface area (Å²) in [6, 6.07) is 8.05. The van der Waals surface area contributed by atoms with Crippen LogP contribution in [0.4, 0.5) is 0 Å². The number of nitrogens with zero attached hydrogens (tertiary/aromatic N) is 1. The largest absolute Gasteiger partial charge is 0.335 e. The topological polar surface area (TPSA) is 20.3 Å². The van der Waals surface area contributed by atoms with Gasteiger partial charge in [0.1, 0.15) is 0 Å². The highest BCUT2D eigenvalue weighted by atomic mass is 35.5. The summed E-state index contributed by atoms with van der Waals surface area (Å²) in [7, 11) is 0. The minimum absolute atomic E-state index is 0.190. The van der Waals surface area contributed by atoms with Gasteiger partial charge in [-0.1, -0.05) is 44.5 Å². The number of hydrogen-bond donors (Lipinski definition) is 0. The predicted molar refractivity (Wildman–Crippen MR) is 74.6 cm³/mol. The molecule has 1 atom stereocenters. The minimum Gasteiger partial charge on any atom is -0.335 e. The quantitative estimate of drug-likeness (QED) is 0.750. The lowest BCUT2D eigenvalue weighted by Crippen LogP contribution is -2.38. The Hall–Kier alpha value is -1.02. The normalized spacial score (nSPS) is 20.2.